The Labute approximate surface area is 308 Å². The van der Waals surface area contributed by atoms with Crippen LogP contribution in [-0.4, -0.2) is 28.7 Å². The Kier molecular flexibility index (Phi) is 7.30. The Morgan fingerprint density at radius 3 is 1.07 bits per heavy atom. The summed E-state index contributed by atoms with van der Waals surface area (Å²) in [6, 6.07) is 51.7. The number of imidazole rings is 3. The van der Waals surface area contributed by atoms with Gasteiger partial charge in [0, 0.05) is 45.9 Å². The highest BCUT2D eigenvalue weighted by molar-refractivity contribution is 5.90. The molecule has 7 aromatic carbocycles. The molecular weight excluding hydrogens is 675 g/mol. The van der Waals surface area contributed by atoms with E-state index in [0.717, 1.165) is 56.2 Å². The normalized spacial score (nSPS) is 11.6. The van der Waals surface area contributed by atoms with Gasteiger partial charge in [-0.15, -0.1) is 0 Å². The third kappa shape index (κ3) is 5.26. The lowest BCUT2D eigenvalue weighted by Crippen LogP contribution is -2.02. The Bertz CT molecular complexity index is 2680. The number of halogens is 2. The van der Waals surface area contributed by atoms with Gasteiger partial charge < -0.3 is 0 Å². The van der Waals surface area contributed by atoms with Gasteiger partial charge in [-0.3, -0.25) is 13.7 Å². The average molecular weight is 705 g/mol. The first-order valence-electron chi connectivity index (χ1n) is 17.7. The standard InChI is InChI=1S/C46H30F2N6/c1-29-17-20-38-41(23-29)52(35-11-5-2-6-12-35)44(49-38)30-24-31(45-50-39-21-18-33(47)27-42(39)53(45)36-13-7-3-8-14-36)26-32(25-30)46-51-40-22-19-34(48)28-43(40)54(46)37-15-9-4-10-16-37/h2-28H,1H3. The molecule has 0 aliphatic carbocycles. The van der Waals surface area contributed by atoms with Crippen LogP contribution in [0.3, 0.4) is 0 Å². The number of benzene rings is 7. The summed E-state index contributed by atoms with van der Waals surface area (Å²) in [6.45, 7) is 2.08. The number of hydrogen-bond donors (Lipinski definition) is 0. The number of rotatable bonds is 6. The predicted molar refractivity (Wildman–Crippen MR) is 211 cm³/mol. The van der Waals surface area contributed by atoms with E-state index in [-0.39, 0.29) is 11.6 Å². The van der Waals surface area contributed by atoms with Crippen molar-refractivity contribution in [2.75, 3.05) is 0 Å². The fourth-order valence-electron chi connectivity index (χ4n) is 7.39. The van der Waals surface area contributed by atoms with Crippen LogP contribution in [0, 0.1) is 18.6 Å². The number of hydrogen-bond acceptors (Lipinski definition) is 3. The maximum absolute atomic E-state index is 14.9. The summed E-state index contributed by atoms with van der Waals surface area (Å²) < 4.78 is 35.9. The molecule has 0 unspecified atom stereocenters. The van der Waals surface area contributed by atoms with Gasteiger partial charge >= 0.3 is 0 Å². The van der Waals surface area contributed by atoms with Crippen LogP contribution in [0.5, 0.6) is 0 Å². The van der Waals surface area contributed by atoms with E-state index >= 15 is 0 Å². The van der Waals surface area contributed by atoms with Crippen molar-refractivity contribution in [3.05, 3.63) is 181 Å². The Morgan fingerprint density at radius 2 is 0.704 bits per heavy atom. The molecule has 3 heterocycles. The molecule has 0 saturated carbocycles. The molecule has 3 aromatic heterocycles. The minimum Gasteiger partial charge on any atom is -0.292 e. The lowest BCUT2D eigenvalue weighted by molar-refractivity contribution is 0.628. The molecule has 0 radical (unpaired) electrons. The van der Waals surface area contributed by atoms with Crippen LogP contribution in [0.2, 0.25) is 0 Å². The smallest absolute Gasteiger partial charge is 0.145 e. The van der Waals surface area contributed by atoms with Gasteiger partial charge in [0.15, 0.2) is 0 Å². The molecule has 54 heavy (non-hydrogen) atoms. The van der Waals surface area contributed by atoms with Gasteiger partial charge in [-0.25, -0.2) is 23.7 Å². The quantitative estimate of drug-likeness (QED) is 0.173. The zero-order valence-electron chi connectivity index (χ0n) is 29.0. The van der Waals surface area contributed by atoms with Crippen molar-refractivity contribution in [3.8, 4) is 51.2 Å². The van der Waals surface area contributed by atoms with Crippen LogP contribution >= 0.6 is 0 Å². The van der Waals surface area contributed by atoms with Crippen molar-refractivity contribution in [2.24, 2.45) is 0 Å². The van der Waals surface area contributed by atoms with Gasteiger partial charge in [0.05, 0.1) is 33.1 Å². The second kappa shape index (κ2) is 12.5. The third-order valence-electron chi connectivity index (χ3n) is 9.79. The van der Waals surface area contributed by atoms with E-state index in [1.165, 1.54) is 24.3 Å². The van der Waals surface area contributed by atoms with E-state index in [1.54, 1.807) is 12.1 Å². The average Bonchev–Trinajstić information content (AvgIpc) is 3.90. The molecular formula is C46H30F2N6. The van der Waals surface area contributed by atoms with E-state index in [4.69, 9.17) is 15.0 Å². The molecule has 0 amide bonds. The van der Waals surface area contributed by atoms with Crippen molar-refractivity contribution in [2.45, 2.75) is 6.92 Å². The number of aryl methyl sites for hydroxylation is 1. The van der Waals surface area contributed by atoms with E-state index in [0.29, 0.717) is 33.7 Å². The lowest BCUT2D eigenvalue weighted by atomic mass is 10.0. The van der Waals surface area contributed by atoms with Crippen molar-refractivity contribution in [1.82, 2.24) is 28.7 Å². The van der Waals surface area contributed by atoms with Gasteiger partial charge in [-0.05, 0) is 103 Å². The first-order chi connectivity index (χ1) is 26.5. The molecule has 0 aliphatic heterocycles. The first-order valence-corrected chi connectivity index (χ1v) is 17.7. The summed E-state index contributed by atoms with van der Waals surface area (Å²) in [4.78, 5) is 15.5. The summed E-state index contributed by atoms with van der Waals surface area (Å²) >= 11 is 0. The highest BCUT2D eigenvalue weighted by Crippen LogP contribution is 2.39. The van der Waals surface area contributed by atoms with Crippen molar-refractivity contribution in [3.63, 3.8) is 0 Å². The van der Waals surface area contributed by atoms with Crippen molar-refractivity contribution in [1.29, 1.82) is 0 Å². The number of fused-ring (bicyclic) bond motifs is 3. The van der Waals surface area contributed by atoms with Gasteiger partial charge in [-0.1, -0.05) is 60.7 Å². The van der Waals surface area contributed by atoms with E-state index < -0.39 is 0 Å². The molecule has 6 nitrogen and oxygen atoms in total. The molecule has 258 valence electrons. The topological polar surface area (TPSA) is 53.5 Å². The number of para-hydroxylation sites is 3. The SMILES string of the molecule is Cc1ccc2nc(-c3cc(-c4nc5ccc(F)cc5n4-c4ccccc4)cc(-c4nc5ccc(F)cc5n4-c4ccccc4)c3)n(-c3ccccc3)c2c1. The molecule has 10 rings (SSSR count). The zero-order chi connectivity index (χ0) is 36.3. The first kappa shape index (κ1) is 31.5. The molecule has 0 spiro atoms. The van der Waals surface area contributed by atoms with Gasteiger partial charge in [-0.2, -0.15) is 0 Å². The van der Waals surface area contributed by atoms with Crippen LogP contribution in [0.15, 0.2) is 164 Å². The lowest BCUT2D eigenvalue weighted by Gasteiger charge is -2.15. The van der Waals surface area contributed by atoms with Crippen molar-refractivity contribution < 1.29 is 8.78 Å². The van der Waals surface area contributed by atoms with Gasteiger partial charge in [0.25, 0.3) is 0 Å². The third-order valence-corrected chi connectivity index (χ3v) is 9.79. The van der Waals surface area contributed by atoms with Crippen LogP contribution in [-0.2, 0) is 0 Å². The maximum Gasteiger partial charge on any atom is 0.145 e. The molecule has 0 aliphatic rings. The molecule has 0 fully saturated rings. The largest absolute Gasteiger partial charge is 0.292 e. The summed E-state index contributed by atoms with van der Waals surface area (Å²) in [7, 11) is 0. The monoisotopic (exact) mass is 704 g/mol. The van der Waals surface area contributed by atoms with Crippen LogP contribution in [0.1, 0.15) is 5.56 Å². The summed E-state index contributed by atoms with van der Waals surface area (Å²) in [5.41, 5.74) is 10.5. The fourth-order valence-corrected chi connectivity index (χ4v) is 7.39. The van der Waals surface area contributed by atoms with E-state index in [1.807, 2.05) is 94.1 Å². The Balaban J connectivity index is 1.32. The highest BCUT2D eigenvalue weighted by atomic mass is 19.1. The summed E-state index contributed by atoms with van der Waals surface area (Å²) in [5.74, 6) is 1.27. The molecule has 8 heteroatoms. The second-order valence-corrected chi connectivity index (χ2v) is 13.4. The summed E-state index contributed by atoms with van der Waals surface area (Å²) in [6.07, 6.45) is 0. The minimum atomic E-state index is -0.351. The molecule has 10 aromatic rings. The minimum absolute atomic E-state index is 0.351. The van der Waals surface area contributed by atoms with Gasteiger partial charge in [0.1, 0.15) is 29.1 Å². The highest BCUT2D eigenvalue weighted by Gasteiger charge is 2.23. The summed E-state index contributed by atoms with van der Waals surface area (Å²) in [5, 5.41) is 0. The van der Waals surface area contributed by atoms with Crippen LogP contribution in [0.4, 0.5) is 8.78 Å². The van der Waals surface area contributed by atoms with Crippen LogP contribution in [0.25, 0.3) is 84.3 Å². The molecule has 0 bridgehead atoms. The van der Waals surface area contributed by atoms with Gasteiger partial charge in [0.2, 0.25) is 0 Å². The second-order valence-electron chi connectivity index (χ2n) is 13.4. The maximum atomic E-state index is 14.9. The fraction of sp³-hybridized carbons (Fsp3) is 0.0217. The van der Waals surface area contributed by atoms with Crippen molar-refractivity contribution >= 4 is 33.1 Å². The number of nitrogens with zero attached hydrogens (tertiary/aromatic N) is 6. The molecule has 0 N–H and O–H groups in total. The Hall–Kier alpha value is -7.19. The predicted octanol–water partition coefficient (Wildman–Crippen LogP) is 11.3. The van der Waals surface area contributed by atoms with E-state index in [9.17, 15) is 8.78 Å². The van der Waals surface area contributed by atoms with E-state index in [2.05, 4.69) is 54.0 Å². The molecule has 0 atom stereocenters. The van der Waals surface area contributed by atoms with Crippen LogP contribution < -0.4 is 0 Å². The Morgan fingerprint density at radius 1 is 0.370 bits per heavy atom. The molecule has 0 saturated heterocycles. The number of aromatic nitrogens is 6. The zero-order valence-corrected chi connectivity index (χ0v) is 29.0.